The maximum Gasteiger partial charge on any atom is 0.185 e. The summed E-state index contributed by atoms with van der Waals surface area (Å²) in [7, 11) is 1.58. The molecule has 0 saturated carbocycles. The Kier molecular flexibility index (Phi) is 6.45. The Balaban J connectivity index is 1.73. The number of carbonyl (C=O) groups excluding carboxylic acids is 1. The summed E-state index contributed by atoms with van der Waals surface area (Å²) in [4.78, 5) is 12.3. The molecule has 0 unspecified atom stereocenters. The topological polar surface area (TPSA) is 35.5 Å². The van der Waals surface area contributed by atoms with E-state index in [1.54, 1.807) is 49.6 Å². The number of carbonyl (C=O) groups is 1. The van der Waals surface area contributed by atoms with Gasteiger partial charge >= 0.3 is 0 Å². The number of rotatable bonds is 7. The number of ether oxygens (including phenoxy) is 2. The lowest BCUT2D eigenvalue weighted by molar-refractivity contribution is 0.104. The Morgan fingerprint density at radius 3 is 2.43 bits per heavy atom. The first kappa shape index (κ1) is 19.6. The van der Waals surface area contributed by atoms with Gasteiger partial charge in [-0.1, -0.05) is 23.7 Å². The lowest BCUT2D eigenvalue weighted by atomic mass is 10.1. The molecule has 3 nitrogen and oxygen atoms in total. The number of hydrogen-bond donors (Lipinski definition) is 0. The molecule has 0 heterocycles. The average Bonchev–Trinajstić information content (AvgIpc) is 2.72. The molecule has 0 saturated heterocycles. The first-order valence-corrected chi connectivity index (χ1v) is 8.96. The molecule has 0 radical (unpaired) electrons. The van der Waals surface area contributed by atoms with E-state index in [1.807, 2.05) is 18.2 Å². The van der Waals surface area contributed by atoms with Crippen molar-refractivity contribution in [1.29, 1.82) is 0 Å². The van der Waals surface area contributed by atoms with E-state index in [4.69, 9.17) is 21.1 Å². The molecule has 0 aliphatic carbocycles. The van der Waals surface area contributed by atoms with Gasteiger partial charge in [0.15, 0.2) is 5.78 Å². The molecule has 3 aromatic carbocycles. The molecule has 0 spiro atoms. The molecule has 3 aromatic rings. The number of hydrogen-bond acceptors (Lipinski definition) is 3. The Bertz CT molecular complexity index is 980. The zero-order valence-electron chi connectivity index (χ0n) is 15.2. The zero-order chi connectivity index (χ0) is 19.9. The third-order valence-corrected chi connectivity index (χ3v) is 4.32. The van der Waals surface area contributed by atoms with Crippen molar-refractivity contribution in [3.63, 3.8) is 0 Å². The third-order valence-electron chi connectivity index (χ3n) is 4.07. The van der Waals surface area contributed by atoms with E-state index in [0.717, 1.165) is 11.1 Å². The average molecular weight is 397 g/mol. The molecule has 142 valence electrons. The molecule has 0 amide bonds. The molecular weight excluding hydrogens is 379 g/mol. The lowest BCUT2D eigenvalue weighted by Gasteiger charge is -2.11. The Morgan fingerprint density at radius 1 is 1.04 bits per heavy atom. The minimum absolute atomic E-state index is 0.114. The number of benzene rings is 3. The van der Waals surface area contributed by atoms with Crippen LogP contribution in [-0.4, -0.2) is 12.9 Å². The Hall–Kier alpha value is -3.11. The van der Waals surface area contributed by atoms with Crippen LogP contribution in [-0.2, 0) is 6.61 Å². The highest BCUT2D eigenvalue weighted by molar-refractivity contribution is 6.30. The molecule has 0 aliphatic rings. The minimum atomic E-state index is -0.317. The summed E-state index contributed by atoms with van der Waals surface area (Å²) in [6, 6.07) is 18.1. The molecule has 0 fully saturated rings. The zero-order valence-corrected chi connectivity index (χ0v) is 15.9. The van der Waals surface area contributed by atoms with Crippen molar-refractivity contribution < 1.29 is 18.7 Å². The molecule has 0 N–H and O–H groups in total. The predicted octanol–water partition coefficient (Wildman–Crippen LogP) is 5.96. The normalized spacial score (nSPS) is 10.8. The molecule has 0 bridgehead atoms. The first-order chi connectivity index (χ1) is 13.5. The van der Waals surface area contributed by atoms with Gasteiger partial charge in [0.2, 0.25) is 0 Å². The summed E-state index contributed by atoms with van der Waals surface area (Å²) in [6.07, 6.45) is 3.24. The fourth-order valence-electron chi connectivity index (χ4n) is 2.59. The number of halogens is 2. The van der Waals surface area contributed by atoms with E-state index in [-0.39, 0.29) is 18.2 Å². The van der Waals surface area contributed by atoms with Crippen LogP contribution in [0.3, 0.4) is 0 Å². The second-order valence-electron chi connectivity index (χ2n) is 6.02. The standard InChI is InChI=1S/C23H18ClFO3/c1-27-23-13-3-16(2-12-22(26)17-4-6-19(24)7-5-17)14-18(23)15-28-21-10-8-20(25)9-11-21/h2-14H,15H2,1H3/b12-2+. The van der Waals surface area contributed by atoms with Gasteiger partial charge in [-0.15, -0.1) is 0 Å². The highest BCUT2D eigenvalue weighted by Crippen LogP contribution is 2.23. The van der Waals surface area contributed by atoms with Crippen molar-refractivity contribution in [2.24, 2.45) is 0 Å². The molecule has 0 aliphatic heterocycles. The van der Waals surface area contributed by atoms with Gasteiger partial charge < -0.3 is 9.47 Å². The maximum atomic E-state index is 13.0. The molecule has 28 heavy (non-hydrogen) atoms. The fraction of sp³-hybridized carbons (Fsp3) is 0.0870. The predicted molar refractivity (Wildman–Crippen MR) is 109 cm³/mol. The van der Waals surface area contributed by atoms with Gasteiger partial charge in [-0.05, 0) is 72.3 Å². The minimum Gasteiger partial charge on any atom is -0.496 e. The second-order valence-corrected chi connectivity index (χ2v) is 6.45. The van der Waals surface area contributed by atoms with Crippen LogP contribution < -0.4 is 9.47 Å². The van der Waals surface area contributed by atoms with Crippen LogP contribution in [0.4, 0.5) is 4.39 Å². The van der Waals surface area contributed by atoms with Gasteiger partial charge in [0.1, 0.15) is 23.9 Å². The van der Waals surface area contributed by atoms with Crippen LogP contribution in [0.15, 0.2) is 72.8 Å². The quantitative estimate of drug-likeness (QED) is 0.365. The van der Waals surface area contributed by atoms with Crippen LogP contribution in [0.25, 0.3) is 6.08 Å². The summed E-state index contributed by atoms with van der Waals surface area (Å²) in [5.41, 5.74) is 2.21. The first-order valence-electron chi connectivity index (χ1n) is 8.58. The molecular formula is C23H18ClFO3. The van der Waals surface area contributed by atoms with Crippen LogP contribution in [0.1, 0.15) is 21.5 Å². The molecule has 0 aromatic heterocycles. The van der Waals surface area contributed by atoms with E-state index >= 15 is 0 Å². The summed E-state index contributed by atoms with van der Waals surface area (Å²) < 4.78 is 24.1. The largest absolute Gasteiger partial charge is 0.496 e. The van der Waals surface area contributed by atoms with Crippen molar-refractivity contribution in [2.45, 2.75) is 6.61 Å². The van der Waals surface area contributed by atoms with Crippen LogP contribution in [0.2, 0.25) is 5.02 Å². The highest BCUT2D eigenvalue weighted by atomic mass is 35.5. The number of methoxy groups -OCH3 is 1. The number of ketones is 1. The summed E-state index contributed by atoms with van der Waals surface area (Å²) in [5.74, 6) is 0.796. The highest BCUT2D eigenvalue weighted by Gasteiger charge is 2.06. The smallest absolute Gasteiger partial charge is 0.185 e. The lowest BCUT2D eigenvalue weighted by Crippen LogP contribution is -1.99. The van der Waals surface area contributed by atoms with Gasteiger partial charge in [-0.3, -0.25) is 4.79 Å². The number of allylic oxidation sites excluding steroid dienone is 1. The SMILES string of the molecule is COc1ccc(/C=C/C(=O)c2ccc(Cl)cc2)cc1COc1ccc(F)cc1. The Morgan fingerprint density at radius 2 is 1.75 bits per heavy atom. The molecule has 0 atom stereocenters. The molecule has 5 heteroatoms. The maximum absolute atomic E-state index is 13.0. The van der Waals surface area contributed by atoms with E-state index in [1.165, 1.54) is 18.2 Å². The van der Waals surface area contributed by atoms with E-state index < -0.39 is 0 Å². The van der Waals surface area contributed by atoms with Crippen LogP contribution >= 0.6 is 11.6 Å². The van der Waals surface area contributed by atoms with Crippen molar-refractivity contribution in [3.05, 3.63) is 100 Å². The van der Waals surface area contributed by atoms with Crippen molar-refractivity contribution in [3.8, 4) is 11.5 Å². The van der Waals surface area contributed by atoms with E-state index in [0.29, 0.717) is 22.1 Å². The summed E-state index contributed by atoms with van der Waals surface area (Å²) in [5, 5.41) is 0.585. The summed E-state index contributed by atoms with van der Waals surface area (Å²) in [6.45, 7) is 0.252. The monoisotopic (exact) mass is 396 g/mol. The van der Waals surface area contributed by atoms with Crippen molar-refractivity contribution in [1.82, 2.24) is 0 Å². The van der Waals surface area contributed by atoms with Crippen molar-refractivity contribution >= 4 is 23.5 Å². The van der Waals surface area contributed by atoms with Gasteiger partial charge in [-0.25, -0.2) is 4.39 Å². The van der Waals surface area contributed by atoms with Gasteiger partial charge in [-0.2, -0.15) is 0 Å². The third kappa shape index (κ3) is 5.21. The fourth-order valence-corrected chi connectivity index (χ4v) is 2.72. The van der Waals surface area contributed by atoms with E-state index in [2.05, 4.69) is 0 Å². The Labute approximate surface area is 168 Å². The van der Waals surface area contributed by atoms with Gasteiger partial charge in [0.05, 0.1) is 7.11 Å². The van der Waals surface area contributed by atoms with Crippen LogP contribution in [0, 0.1) is 5.82 Å². The van der Waals surface area contributed by atoms with Gasteiger partial charge in [0, 0.05) is 16.1 Å². The second kappa shape index (κ2) is 9.20. The van der Waals surface area contributed by atoms with E-state index in [9.17, 15) is 9.18 Å². The molecule has 3 rings (SSSR count). The van der Waals surface area contributed by atoms with Gasteiger partial charge in [0.25, 0.3) is 0 Å². The summed E-state index contributed by atoms with van der Waals surface area (Å²) >= 11 is 5.85. The van der Waals surface area contributed by atoms with Crippen molar-refractivity contribution in [2.75, 3.05) is 7.11 Å². The van der Waals surface area contributed by atoms with Crippen LogP contribution in [0.5, 0.6) is 11.5 Å².